The molecule has 78 valence electrons. The summed E-state index contributed by atoms with van der Waals surface area (Å²) < 4.78 is 39.4. The first kappa shape index (κ1) is 11.6. The summed E-state index contributed by atoms with van der Waals surface area (Å²) in [6.45, 7) is 0. The fourth-order valence-electron chi connectivity index (χ4n) is 0.693. The Balaban J connectivity index is 3.09. The molecule has 0 radical (unpaired) electrons. The number of pyridine rings is 1. The van der Waals surface area contributed by atoms with Gasteiger partial charge < -0.3 is 10.5 Å². The average Bonchev–Trinajstić information content (AvgIpc) is 1.96. The van der Waals surface area contributed by atoms with Crippen LogP contribution >= 0.6 is 31.9 Å². The number of aromatic nitrogens is 1. The maximum atomic E-state index is 11.9. The van der Waals surface area contributed by atoms with Crippen LogP contribution in [-0.4, -0.2) is 11.3 Å². The Morgan fingerprint density at radius 2 is 1.93 bits per heavy atom. The van der Waals surface area contributed by atoms with Gasteiger partial charge in [-0.15, -0.1) is 13.2 Å². The molecule has 0 saturated heterocycles. The average molecular weight is 336 g/mol. The maximum Gasteiger partial charge on any atom is 0.573 e. The fourth-order valence-corrected chi connectivity index (χ4v) is 1.38. The number of nitrogens with zero attached hydrogens (tertiary/aromatic N) is 1. The Labute approximate surface area is 93.7 Å². The quantitative estimate of drug-likeness (QED) is 0.802. The molecule has 0 amide bonds. The molecule has 0 saturated carbocycles. The second-order valence-corrected chi connectivity index (χ2v) is 3.80. The van der Waals surface area contributed by atoms with Crippen LogP contribution in [0.1, 0.15) is 0 Å². The van der Waals surface area contributed by atoms with Crippen LogP contribution in [0.5, 0.6) is 5.75 Å². The molecule has 2 N–H and O–H groups in total. The third-order valence-electron chi connectivity index (χ3n) is 1.14. The highest BCUT2D eigenvalue weighted by atomic mass is 79.9. The molecule has 0 atom stereocenters. The number of rotatable bonds is 1. The summed E-state index contributed by atoms with van der Waals surface area (Å²) in [7, 11) is 0. The van der Waals surface area contributed by atoms with Gasteiger partial charge in [-0.1, -0.05) is 0 Å². The van der Waals surface area contributed by atoms with Gasteiger partial charge in [0.15, 0.2) is 0 Å². The first-order valence-electron chi connectivity index (χ1n) is 3.17. The molecule has 0 fully saturated rings. The molecule has 0 spiro atoms. The maximum absolute atomic E-state index is 11.9. The van der Waals surface area contributed by atoms with Gasteiger partial charge in [0.05, 0.1) is 0 Å². The first-order valence-corrected chi connectivity index (χ1v) is 4.75. The summed E-state index contributed by atoms with van der Waals surface area (Å²) in [5.41, 5.74) is 5.30. The second kappa shape index (κ2) is 3.93. The van der Waals surface area contributed by atoms with E-state index in [0.29, 0.717) is 0 Å². The van der Waals surface area contributed by atoms with Gasteiger partial charge in [0.2, 0.25) is 0 Å². The zero-order chi connectivity index (χ0) is 10.9. The van der Waals surface area contributed by atoms with E-state index in [0.717, 1.165) is 6.07 Å². The van der Waals surface area contributed by atoms with E-state index in [4.69, 9.17) is 5.73 Å². The van der Waals surface area contributed by atoms with Gasteiger partial charge in [-0.05, 0) is 31.9 Å². The number of ether oxygens (including phenoxy) is 1. The number of nitrogens with two attached hydrogens (primary N) is 1. The van der Waals surface area contributed by atoms with E-state index in [9.17, 15) is 13.2 Å². The summed E-state index contributed by atoms with van der Waals surface area (Å²) in [4.78, 5) is 3.66. The minimum absolute atomic E-state index is 0.0296. The van der Waals surface area contributed by atoms with E-state index in [-0.39, 0.29) is 14.9 Å². The summed E-state index contributed by atoms with van der Waals surface area (Å²) >= 11 is 5.73. The molecule has 1 aromatic heterocycles. The van der Waals surface area contributed by atoms with Gasteiger partial charge >= 0.3 is 6.36 Å². The van der Waals surface area contributed by atoms with Gasteiger partial charge in [-0.25, -0.2) is 4.98 Å². The lowest BCUT2D eigenvalue weighted by Gasteiger charge is -2.11. The Bertz CT molecular complexity index is 356. The standard InChI is InChI=1S/C6H3Br2F3N2O/c7-3-1-2(14-6(9,10)11)4(8)5(12)13-3/h1H,(H2,12,13). The van der Waals surface area contributed by atoms with Crippen molar-refractivity contribution in [3.63, 3.8) is 0 Å². The zero-order valence-electron chi connectivity index (χ0n) is 6.40. The van der Waals surface area contributed by atoms with Crippen LogP contribution in [0.2, 0.25) is 0 Å². The third-order valence-corrected chi connectivity index (χ3v) is 2.35. The van der Waals surface area contributed by atoms with E-state index in [2.05, 4.69) is 41.6 Å². The van der Waals surface area contributed by atoms with Crippen molar-refractivity contribution in [3.05, 3.63) is 15.1 Å². The van der Waals surface area contributed by atoms with E-state index >= 15 is 0 Å². The van der Waals surface area contributed by atoms with Crippen LogP contribution in [0.25, 0.3) is 0 Å². The predicted octanol–water partition coefficient (Wildman–Crippen LogP) is 3.09. The lowest BCUT2D eigenvalue weighted by molar-refractivity contribution is -0.274. The first-order chi connectivity index (χ1) is 6.29. The monoisotopic (exact) mass is 334 g/mol. The number of anilines is 1. The molecular formula is C6H3Br2F3N2O. The van der Waals surface area contributed by atoms with Gasteiger partial charge in [0, 0.05) is 6.07 Å². The van der Waals surface area contributed by atoms with E-state index < -0.39 is 12.1 Å². The lowest BCUT2D eigenvalue weighted by atomic mass is 10.4. The van der Waals surface area contributed by atoms with E-state index in [1.807, 2.05) is 0 Å². The van der Waals surface area contributed by atoms with Crippen LogP contribution < -0.4 is 10.5 Å². The normalized spacial score (nSPS) is 11.5. The van der Waals surface area contributed by atoms with Crippen LogP contribution in [0.4, 0.5) is 19.0 Å². The summed E-state index contributed by atoms with van der Waals surface area (Å²) in [5, 5.41) is 0. The van der Waals surface area contributed by atoms with Crippen molar-refractivity contribution in [2.75, 3.05) is 5.73 Å². The highest BCUT2D eigenvalue weighted by Gasteiger charge is 2.32. The number of alkyl halides is 3. The van der Waals surface area contributed by atoms with Crippen molar-refractivity contribution in [2.45, 2.75) is 6.36 Å². The summed E-state index contributed by atoms with van der Waals surface area (Å²) in [5.74, 6) is -0.518. The molecule has 0 aromatic carbocycles. The van der Waals surface area contributed by atoms with Crippen LogP contribution in [0.15, 0.2) is 15.1 Å². The zero-order valence-corrected chi connectivity index (χ0v) is 9.57. The van der Waals surface area contributed by atoms with Crippen molar-refractivity contribution in [1.29, 1.82) is 0 Å². The molecule has 0 aliphatic heterocycles. The molecule has 14 heavy (non-hydrogen) atoms. The minimum atomic E-state index is -4.75. The van der Waals surface area contributed by atoms with Gasteiger partial charge in [-0.2, -0.15) is 0 Å². The highest BCUT2D eigenvalue weighted by Crippen LogP contribution is 2.35. The number of hydrogen-bond acceptors (Lipinski definition) is 3. The molecule has 0 bridgehead atoms. The Morgan fingerprint density at radius 3 is 2.43 bits per heavy atom. The van der Waals surface area contributed by atoms with Crippen molar-refractivity contribution < 1.29 is 17.9 Å². The smallest absolute Gasteiger partial charge is 0.404 e. The molecule has 0 aliphatic rings. The molecule has 0 unspecified atom stereocenters. The molecule has 1 rings (SSSR count). The van der Waals surface area contributed by atoms with Crippen LogP contribution in [0, 0.1) is 0 Å². The SMILES string of the molecule is Nc1nc(Br)cc(OC(F)(F)F)c1Br. The molecule has 3 nitrogen and oxygen atoms in total. The van der Waals surface area contributed by atoms with E-state index in [1.54, 1.807) is 0 Å². The van der Waals surface area contributed by atoms with Gasteiger partial charge in [0.1, 0.15) is 20.6 Å². The van der Waals surface area contributed by atoms with Gasteiger partial charge in [-0.3, -0.25) is 0 Å². The topological polar surface area (TPSA) is 48.1 Å². The van der Waals surface area contributed by atoms with Crippen molar-refractivity contribution in [3.8, 4) is 5.75 Å². The predicted molar refractivity (Wildman–Crippen MR) is 50.7 cm³/mol. The molecule has 1 heterocycles. The fraction of sp³-hybridized carbons (Fsp3) is 0.167. The Morgan fingerprint density at radius 1 is 1.36 bits per heavy atom. The number of nitrogen functional groups attached to an aromatic ring is 1. The van der Waals surface area contributed by atoms with Gasteiger partial charge in [0.25, 0.3) is 0 Å². The van der Waals surface area contributed by atoms with E-state index in [1.165, 1.54) is 0 Å². The van der Waals surface area contributed by atoms with Crippen molar-refractivity contribution in [1.82, 2.24) is 4.98 Å². The van der Waals surface area contributed by atoms with Crippen LogP contribution in [-0.2, 0) is 0 Å². The molecule has 8 heteroatoms. The lowest BCUT2D eigenvalue weighted by Crippen LogP contribution is -2.17. The van der Waals surface area contributed by atoms with Crippen molar-refractivity contribution >= 4 is 37.7 Å². The Kier molecular flexibility index (Phi) is 3.25. The number of hydrogen-bond donors (Lipinski definition) is 1. The Hall–Kier alpha value is -0.500. The third kappa shape index (κ3) is 3.02. The van der Waals surface area contributed by atoms with Crippen LogP contribution in [0.3, 0.4) is 0 Å². The number of halogens is 5. The summed E-state index contributed by atoms with van der Waals surface area (Å²) in [6.07, 6.45) is -4.75. The minimum Gasteiger partial charge on any atom is -0.404 e. The van der Waals surface area contributed by atoms with Crippen molar-refractivity contribution in [2.24, 2.45) is 0 Å². The second-order valence-electron chi connectivity index (χ2n) is 2.19. The molecule has 1 aromatic rings. The largest absolute Gasteiger partial charge is 0.573 e. The summed E-state index contributed by atoms with van der Waals surface area (Å²) in [6, 6.07) is 1.06. The highest BCUT2D eigenvalue weighted by molar-refractivity contribution is 9.11. The molecule has 0 aliphatic carbocycles. The molecular weight excluding hydrogens is 333 g/mol.